The van der Waals surface area contributed by atoms with Crippen molar-refractivity contribution in [1.82, 2.24) is 0 Å². The van der Waals surface area contributed by atoms with E-state index in [2.05, 4.69) is 46.8 Å². The number of rotatable bonds is 14. The highest BCUT2D eigenvalue weighted by Gasteiger charge is 2.70. The van der Waals surface area contributed by atoms with Crippen LogP contribution >= 0.6 is 0 Å². The summed E-state index contributed by atoms with van der Waals surface area (Å²) in [6, 6.07) is 0. The number of unbranched alkanes of at least 4 members (excludes halogenated alkanes) is 5. The van der Waals surface area contributed by atoms with E-state index in [1.165, 1.54) is 89.9 Å². The van der Waals surface area contributed by atoms with Gasteiger partial charge < -0.3 is 0 Å². The number of allylic oxidation sites excluding steroid dienone is 3. The minimum absolute atomic E-state index is 0.497. The van der Waals surface area contributed by atoms with Gasteiger partial charge >= 0.3 is 0 Å². The summed E-state index contributed by atoms with van der Waals surface area (Å²) < 4.78 is 0. The zero-order chi connectivity index (χ0) is 21.8. The molecule has 0 radical (unpaired) electrons. The summed E-state index contributed by atoms with van der Waals surface area (Å²) in [7, 11) is 0. The molecule has 6 atom stereocenters. The number of hydrogen-bond donors (Lipinski definition) is 0. The molecule has 172 valence electrons. The van der Waals surface area contributed by atoms with Gasteiger partial charge in [-0.1, -0.05) is 96.9 Å². The zero-order valence-corrected chi connectivity index (χ0v) is 21.1. The van der Waals surface area contributed by atoms with Crippen LogP contribution in [0.5, 0.6) is 0 Å². The Morgan fingerprint density at radius 2 is 1.80 bits per heavy atom. The summed E-state index contributed by atoms with van der Waals surface area (Å²) in [5.41, 5.74) is 2.80. The maximum atomic E-state index is 4.80. The second-order valence-electron chi connectivity index (χ2n) is 11.7. The Hall–Kier alpha value is -0.520. The molecule has 0 N–H and O–H groups in total. The van der Waals surface area contributed by atoms with Gasteiger partial charge in [0.05, 0.1) is 0 Å². The van der Waals surface area contributed by atoms with Gasteiger partial charge in [-0.2, -0.15) is 0 Å². The molecular formula is C30H52. The Bertz CT molecular complexity index is 581. The van der Waals surface area contributed by atoms with Gasteiger partial charge in [0.2, 0.25) is 0 Å². The lowest BCUT2D eigenvalue weighted by atomic mass is 9.66. The van der Waals surface area contributed by atoms with Crippen LogP contribution in [0.2, 0.25) is 0 Å². The minimum atomic E-state index is 0.497. The van der Waals surface area contributed by atoms with E-state index in [4.69, 9.17) is 6.58 Å². The summed E-state index contributed by atoms with van der Waals surface area (Å²) in [6.07, 6.45) is 24.6. The second kappa shape index (κ2) is 10.4. The molecule has 0 aliphatic heterocycles. The molecule has 30 heavy (non-hydrogen) atoms. The summed E-state index contributed by atoms with van der Waals surface area (Å²) in [5.74, 6) is 4.60. The Labute approximate surface area is 189 Å². The SMILES string of the molecule is C=C1CC2(CC1(C(C)CCCCCCCC)C1CC1)C(C)C2CC(CC)CC=CC. The van der Waals surface area contributed by atoms with Gasteiger partial charge in [-0.15, -0.1) is 0 Å². The van der Waals surface area contributed by atoms with Crippen LogP contribution < -0.4 is 0 Å². The molecule has 0 bridgehead atoms. The molecule has 0 heterocycles. The quantitative estimate of drug-likeness (QED) is 0.197. The molecule has 3 aliphatic carbocycles. The second-order valence-corrected chi connectivity index (χ2v) is 11.7. The largest absolute Gasteiger partial charge is 0.0993 e. The molecule has 3 fully saturated rings. The van der Waals surface area contributed by atoms with E-state index in [1.807, 2.05) is 0 Å². The third kappa shape index (κ3) is 4.78. The van der Waals surface area contributed by atoms with Crippen molar-refractivity contribution in [3.05, 3.63) is 24.3 Å². The van der Waals surface area contributed by atoms with Crippen molar-refractivity contribution in [3.8, 4) is 0 Å². The molecule has 0 heteroatoms. The normalized spacial score (nSPS) is 35.4. The molecule has 3 aliphatic rings. The van der Waals surface area contributed by atoms with Crippen LogP contribution in [0.3, 0.4) is 0 Å². The van der Waals surface area contributed by atoms with Gasteiger partial charge in [0.25, 0.3) is 0 Å². The van der Waals surface area contributed by atoms with Crippen molar-refractivity contribution < 1.29 is 0 Å². The standard InChI is InChI=1S/C30H52/c1-7-10-12-13-14-15-16-23(4)30(27-18-19-27)22-29(21-24(30)5)25(6)28(29)20-26(9-3)17-11-8-2/h8,11,23,25-28H,5,7,9-10,12-22H2,1-4,6H3. The molecule has 0 aromatic carbocycles. The first kappa shape index (κ1) is 24.1. The van der Waals surface area contributed by atoms with Crippen LogP contribution in [-0.4, -0.2) is 0 Å². The van der Waals surface area contributed by atoms with Crippen LogP contribution in [0.1, 0.15) is 125 Å². The first-order chi connectivity index (χ1) is 14.5. The first-order valence-electron chi connectivity index (χ1n) is 13.8. The van der Waals surface area contributed by atoms with Gasteiger partial charge in [0.1, 0.15) is 0 Å². The van der Waals surface area contributed by atoms with Crippen molar-refractivity contribution in [2.45, 2.75) is 125 Å². The van der Waals surface area contributed by atoms with Gasteiger partial charge in [-0.25, -0.2) is 0 Å². The van der Waals surface area contributed by atoms with Crippen LogP contribution in [0.25, 0.3) is 0 Å². The molecule has 0 aromatic heterocycles. The lowest BCUT2D eigenvalue weighted by molar-refractivity contribution is 0.158. The van der Waals surface area contributed by atoms with E-state index in [0.29, 0.717) is 10.8 Å². The van der Waals surface area contributed by atoms with E-state index in [1.54, 1.807) is 5.57 Å². The summed E-state index contributed by atoms with van der Waals surface area (Å²) in [5, 5.41) is 0. The highest BCUT2D eigenvalue weighted by molar-refractivity contribution is 5.32. The maximum Gasteiger partial charge on any atom is -0.00311 e. The summed E-state index contributed by atoms with van der Waals surface area (Å²) in [4.78, 5) is 0. The highest BCUT2D eigenvalue weighted by atomic mass is 14.7. The molecule has 0 amide bonds. The smallest absolute Gasteiger partial charge is 0.00311 e. The first-order valence-corrected chi connectivity index (χ1v) is 13.8. The summed E-state index contributed by atoms with van der Waals surface area (Å²) in [6.45, 7) is 16.9. The average Bonchev–Trinajstić information content (AvgIpc) is 3.63. The fourth-order valence-corrected chi connectivity index (χ4v) is 7.68. The fraction of sp³-hybridized carbons (Fsp3) is 0.867. The monoisotopic (exact) mass is 412 g/mol. The molecule has 0 aromatic rings. The minimum Gasteiger partial charge on any atom is -0.0993 e. The molecule has 1 spiro atoms. The van der Waals surface area contributed by atoms with Crippen molar-refractivity contribution in [2.24, 2.45) is 40.4 Å². The molecular weight excluding hydrogens is 360 g/mol. The molecule has 6 unspecified atom stereocenters. The average molecular weight is 413 g/mol. The lowest BCUT2D eigenvalue weighted by Crippen LogP contribution is -2.30. The zero-order valence-electron chi connectivity index (χ0n) is 21.1. The van der Waals surface area contributed by atoms with Crippen molar-refractivity contribution in [1.29, 1.82) is 0 Å². The van der Waals surface area contributed by atoms with Gasteiger partial charge in [0.15, 0.2) is 0 Å². The van der Waals surface area contributed by atoms with Crippen LogP contribution in [0.4, 0.5) is 0 Å². The van der Waals surface area contributed by atoms with Gasteiger partial charge in [-0.05, 0) is 92.3 Å². The van der Waals surface area contributed by atoms with Gasteiger partial charge in [-0.3, -0.25) is 0 Å². The summed E-state index contributed by atoms with van der Waals surface area (Å²) >= 11 is 0. The maximum absolute atomic E-state index is 4.80. The predicted octanol–water partition coefficient (Wildman–Crippen LogP) is 9.75. The van der Waals surface area contributed by atoms with E-state index in [0.717, 1.165) is 29.6 Å². The molecule has 0 nitrogen and oxygen atoms in total. The van der Waals surface area contributed by atoms with E-state index < -0.39 is 0 Å². The van der Waals surface area contributed by atoms with Crippen molar-refractivity contribution in [3.63, 3.8) is 0 Å². The Morgan fingerprint density at radius 1 is 1.10 bits per heavy atom. The van der Waals surface area contributed by atoms with Crippen molar-refractivity contribution in [2.75, 3.05) is 0 Å². The highest BCUT2D eigenvalue weighted by Crippen LogP contribution is 2.78. The Morgan fingerprint density at radius 3 is 2.43 bits per heavy atom. The van der Waals surface area contributed by atoms with E-state index in [-0.39, 0.29) is 0 Å². The van der Waals surface area contributed by atoms with Gasteiger partial charge in [0, 0.05) is 0 Å². The number of hydrogen-bond acceptors (Lipinski definition) is 0. The topological polar surface area (TPSA) is 0 Å². The molecule has 0 saturated heterocycles. The fourth-order valence-electron chi connectivity index (χ4n) is 7.68. The van der Waals surface area contributed by atoms with Crippen molar-refractivity contribution >= 4 is 0 Å². The lowest BCUT2D eigenvalue weighted by Gasteiger charge is -2.38. The van der Waals surface area contributed by atoms with Crippen LogP contribution in [0.15, 0.2) is 24.3 Å². The van der Waals surface area contributed by atoms with Crippen LogP contribution in [-0.2, 0) is 0 Å². The Kier molecular flexibility index (Phi) is 8.36. The van der Waals surface area contributed by atoms with E-state index in [9.17, 15) is 0 Å². The Balaban J connectivity index is 1.61. The van der Waals surface area contributed by atoms with Crippen LogP contribution in [0, 0.1) is 40.4 Å². The molecule has 3 saturated carbocycles. The third-order valence-electron chi connectivity index (χ3n) is 10.0. The van der Waals surface area contributed by atoms with E-state index >= 15 is 0 Å². The predicted molar refractivity (Wildman–Crippen MR) is 134 cm³/mol. The third-order valence-corrected chi connectivity index (χ3v) is 10.0. The molecule has 3 rings (SSSR count).